The molecular formula is C12H20N4O2. The van der Waals surface area contributed by atoms with Crippen LogP contribution in [0.2, 0.25) is 0 Å². The lowest BCUT2D eigenvalue weighted by Crippen LogP contribution is -2.42. The number of aliphatic hydroxyl groups excluding tert-OH is 1. The molecule has 1 aliphatic rings. The molecule has 3 N–H and O–H groups in total. The first kappa shape index (κ1) is 13.0. The number of anilines is 2. The zero-order chi connectivity index (χ0) is 13.1. The van der Waals surface area contributed by atoms with Crippen LogP contribution in [0, 0.1) is 5.92 Å². The molecule has 1 aromatic heterocycles. The van der Waals surface area contributed by atoms with E-state index in [1.165, 1.54) is 0 Å². The van der Waals surface area contributed by atoms with Crippen molar-refractivity contribution in [2.45, 2.75) is 26.1 Å². The van der Waals surface area contributed by atoms with Crippen molar-refractivity contribution in [2.75, 3.05) is 30.8 Å². The summed E-state index contributed by atoms with van der Waals surface area (Å²) >= 11 is 0. The second kappa shape index (κ2) is 5.49. The normalized spacial score (nSPS) is 24.3. The van der Waals surface area contributed by atoms with Gasteiger partial charge in [-0.05, 0) is 12.3 Å². The van der Waals surface area contributed by atoms with E-state index in [0.29, 0.717) is 18.2 Å². The monoisotopic (exact) mass is 252 g/mol. The standard InChI is InChI=1S/C12H20N4O2/c1-8-6-16(4-3-9(8)17)12-5-10(13)14-11(15-12)7-18-2/h5,8-9,17H,3-4,6-7H2,1-2H3,(H2,13,14,15). The molecule has 6 nitrogen and oxygen atoms in total. The van der Waals surface area contributed by atoms with Crippen LogP contribution in [0.1, 0.15) is 19.2 Å². The largest absolute Gasteiger partial charge is 0.393 e. The number of methoxy groups -OCH3 is 1. The molecule has 0 saturated carbocycles. The van der Waals surface area contributed by atoms with E-state index in [1.54, 1.807) is 13.2 Å². The van der Waals surface area contributed by atoms with Crippen LogP contribution in [0.5, 0.6) is 0 Å². The maximum absolute atomic E-state index is 9.73. The molecule has 6 heteroatoms. The van der Waals surface area contributed by atoms with Gasteiger partial charge in [-0.2, -0.15) is 0 Å². The van der Waals surface area contributed by atoms with Crippen LogP contribution in [-0.4, -0.2) is 41.4 Å². The van der Waals surface area contributed by atoms with Gasteiger partial charge in [-0.3, -0.25) is 0 Å². The number of aliphatic hydroxyl groups is 1. The topological polar surface area (TPSA) is 84.5 Å². The van der Waals surface area contributed by atoms with Gasteiger partial charge in [0.2, 0.25) is 0 Å². The maximum Gasteiger partial charge on any atom is 0.158 e. The minimum absolute atomic E-state index is 0.223. The van der Waals surface area contributed by atoms with Gasteiger partial charge >= 0.3 is 0 Å². The molecule has 2 heterocycles. The van der Waals surface area contributed by atoms with E-state index in [2.05, 4.69) is 14.9 Å². The summed E-state index contributed by atoms with van der Waals surface area (Å²) in [7, 11) is 1.60. The Kier molecular flexibility index (Phi) is 3.98. The highest BCUT2D eigenvalue weighted by atomic mass is 16.5. The Morgan fingerprint density at radius 3 is 3.00 bits per heavy atom. The molecule has 0 aliphatic carbocycles. The van der Waals surface area contributed by atoms with Crippen molar-refractivity contribution in [3.05, 3.63) is 11.9 Å². The maximum atomic E-state index is 9.73. The van der Waals surface area contributed by atoms with E-state index in [9.17, 15) is 5.11 Å². The molecule has 18 heavy (non-hydrogen) atoms. The van der Waals surface area contributed by atoms with Crippen molar-refractivity contribution in [1.82, 2.24) is 9.97 Å². The fourth-order valence-corrected chi connectivity index (χ4v) is 2.20. The first-order chi connectivity index (χ1) is 8.60. The third-order valence-corrected chi connectivity index (χ3v) is 3.24. The van der Waals surface area contributed by atoms with Gasteiger partial charge in [-0.25, -0.2) is 9.97 Å². The summed E-state index contributed by atoms with van der Waals surface area (Å²) in [6.07, 6.45) is 0.531. The summed E-state index contributed by atoms with van der Waals surface area (Å²) in [6, 6.07) is 1.77. The van der Waals surface area contributed by atoms with E-state index in [-0.39, 0.29) is 12.0 Å². The number of nitrogens with two attached hydrogens (primary N) is 1. The first-order valence-electron chi connectivity index (χ1n) is 6.15. The van der Waals surface area contributed by atoms with Crippen LogP contribution in [0.15, 0.2) is 6.07 Å². The summed E-state index contributed by atoms with van der Waals surface area (Å²) in [5.41, 5.74) is 5.78. The lowest BCUT2D eigenvalue weighted by Gasteiger charge is -2.35. The average molecular weight is 252 g/mol. The molecule has 0 amide bonds. The van der Waals surface area contributed by atoms with Gasteiger partial charge in [0.15, 0.2) is 5.82 Å². The molecule has 2 unspecified atom stereocenters. The number of piperidine rings is 1. The number of ether oxygens (including phenoxy) is 1. The van der Waals surface area contributed by atoms with Gasteiger partial charge in [-0.1, -0.05) is 6.92 Å². The predicted octanol–water partition coefficient (Wildman–Crippen LogP) is 0.412. The third-order valence-electron chi connectivity index (χ3n) is 3.24. The summed E-state index contributed by atoms with van der Waals surface area (Å²) < 4.78 is 5.02. The highest BCUT2D eigenvalue weighted by Gasteiger charge is 2.25. The molecule has 2 atom stereocenters. The summed E-state index contributed by atoms with van der Waals surface area (Å²) in [6.45, 7) is 3.96. The van der Waals surface area contributed by atoms with Gasteiger partial charge < -0.3 is 20.5 Å². The molecule has 0 radical (unpaired) electrons. The van der Waals surface area contributed by atoms with Crippen LogP contribution < -0.4 is 10.6 Å². The highest BCUT2D eigenvalue weighted by molar-refractivity contribution is 5.47. The van der Waals surface area contributed by atoms with Gasteiger partial charge in [-0.15, -0.1) is 0 Å². The average Bonchev–Trinajstić information content (AvgIpc) is 2.32. The second-order valence-electron chi connectivity index (χ2n) is 4.78. The molecule has 1 fully saturated rings. The van der Waals surface area contributed by atoms with Gasteiger partial charge in [0.25, 0.3) is 0 Å². The van der Waals surface area contributed by atoms with Crippen LogP contribution in [0.3, 0.4) is 0 Å². The number of rotatable bonds is 3. The smallest absolute Gasteiger partial charge is 0.158 e. The molecule has 1 aromatic rings. The number of hydrogen-bond acceptors (Lipinski definition) is 6. The fourth-order valence-electron chi connectivity index (χ4n) is 2.20. The summed E-state index contributed by atoms with van der Waals surface area (Å²) in [5, 5.41) is 9.73. The zero-order valence-electron chi connectivity index (χ0n) is 10.8. The minimum atomic E-state index is -0.223. The van der Waals surface area contributed by atoms with Crippen LogP contribution >= 0.6 is 0 Å². The number of aromatic nitrogens is 2. The molecule has 1 saturated heterocycles. The van der Waals surface area contributed by atoms with Crippen molar-refractivity contribution < 1.29 is 9.84 Å². The Hall–Kier alpha value is -1.40. The Labute approximate surface area is 107 Å². The fraction of sp³-hybridized carbons (Fsp3) is 0.667. The van der Waals surface area contributed by atoms with Crippen molar-refractivity contribution in [2.24, 2.45) is 5.92 Å². The number of nitrogens with zero attached hydrogens (tertiary/aromatic N) is 3. The van der Waals surface area contributed by atoms with Gasteiger partial charge in [0.1, 0.15) is 18.2 Å². The summed E-state index contributed by atoms with van der Waals surface area (Å²) in [5.74, 6) is 2.09. The van der Waals surface area contributed by atoms with Gasteiger partial charge in [0.05, 0.1) is 6.10 Å². The molecule has 1 aliphatic heterocycles. The van der Waals surface area contributed by atoms with E-state index in [4.69, 9.17) is 10.5 Å². The van der Waals surface area contributed by atoms with Crippen LogP contribution in [0.4, 0.5) is 11.6 Å². The molecular weight excluding hydrogens is 232 g/mol. The van der Waals surface area contributed by atoms with Crippen LogP contribution in [0.25, 0.3) is 0 Å². The van der Waals surface area contributed by atoms with E-state index in [1.807, 2.05) is 6.92 Å². The molecule has 0 bridgehead atoms. The second-order valence-corrected chi connectivity index (χ2v) is 4.78. The Morgan fingerprint density at radius 2 is 2.33 bits per heavy atom. The molecule has 0 aromatic carbocycles. The van der Waals surface area contributed by atoms with E-state index < -0.39 is 0 Å². The quantitative estimate of drug-likeness (QED) is 0.810. The number of nitrogen functional groups attached to an aromatic ring is 1. The van der Waals surface area contributed by atoms with Crippen molar-refractivity contribution >= 4 is 11.6 Å². The Balaban J connectivity index is 2.17. The first-order valence-corrected chi connectivity index (χ1v) is 6.15. The SMILES string of the molecule is COCc1nc(N)cc(N2CCC(O)C(C)C2)n1. The lowest BCUT2D eigenvalue weighted by molar-refractivity contribution is 0.0968. The van der Waals surface area contributed by atoms with Crippen molar-refractivity contribution in [3.8, 4) is 0 Å². The summed E-state index contributed by atoms with van der Waals surface area (Å²) in [4.78, 5) is 10.7. The van der Waals surface area contributed by atoms with Gasteiger partial charge in [0, 0.05) is 26.3 Å². The highest BCUT2D eigenvalue weighted by Crippen LogP contribution is 2.22. The number of hydrogen-bond donors (Lipinski definition) is 2. The van der Waals surface area contributed by atoms with E-state index in [0.717, 1.165) is 25.3 Å². The Morgan fingerprint density at radius 1 is 1.56 bits per heavy atom. The van der Waals surface area contributed by atoms with E-state index >= 15 is 0 Å². The molecule has 2 rings (SSSR count). The minimum Gasteiger partial charge on any atom is -0.393 e. The molecule has 100 valence electrons. The molecule has 0 spiro atoms. The Bertz CT molecular complexity index is 413. The third kappa shape index (κ3) is 2.88. The lowest BCUT2D eigenvalue weighted by atomic mass is 9.97. The van der Waals surface area contributed by atoms with Crippen molar-refractivity contribution in [1.29, 1.82) is 0 Å². The van der Waals surface area contributed by atoms with Crippen LogP contribution in [-0.2, 0) is 11.3 Å². The van der Waals surface area contributed by atoms with Crippen molar-refractivity contribution in [3.63, 3.8) is 0 Å². The zero-order valence-corrected chi connectivity index (χ0v) is 10.8. The predicted molar refractivity (Wildman–Crippen MR) is 69.2 cm³/mol.